The fourth-order valence-corrected chi connectivity index (χ4v) is 2.29. The van der Waals surface area contributed by atoms with Crippen molar-refractivity contribution in [3.63, 3.8) is 0 Å². The lowest BCUT2D eigenvalue weighted by Gasteiger charge is -2.09. The van der Waals surface area contributed by atoms with E-state index in [-0.39, 0.29) is 23.3 Å². The minimum absolute atomic E-state index is 0.0180. The molecule has 0 aliphatic rings. The predicted octanol–water partition coefficient (Wildman–Crippen LogP) is 2.64. The van der Waals surface area contributed by atoms with Crippen LogP contribution in [0, 0.1) is 10.1 Å². The number of esters is 1. The number of nitrogens with zero attached hydrogens (tertiary/aromatic N) is 1. The molecule has 6 heteroatoms. The Bertz CT molecular complexity index is 422. The van der Waals surface area contributed by atoms with E-state index in [1.54, 1.807) is 12.1 Å². The van der Waals surface area contributed by atoms with Crippen LogP contribution in [-0.4, -0.2) is 23.3 Å². The molecule has 0 fully saturated rings. The monoisotopic (exact) mass is 255 g/mol. The Hall–Kier alpha value is -1.56. The first kappa shape index (κ1) is 13.5. The first-order chi connectivity index (χ1) is 8.02. The number of hydrogen-bond donors (Lipinski definition) is 0. The minimum atomic E-state index is -0.435. The van der Waals surface area contributed by atoms with Gasteiger partial charge < -0.3 is 4.74 Å². The van der Waals surface area contributed by atoms with Crippen LogP contribution in [0.5, 0.6) is 0 Å². The van der Waals surface area contributed by atoms with Crippen LogP contribution in [0.4, 0.5) is 5.69 Å². The first-order valence-electron chi connectivity index (χ1n) is 5.01. The zero-order chi connectivity index (χ0) is 12.8. The number of nitro benzene ring substituents is 1. The highest BCUT2D eigenvalue weighted by molar-refractivity contribution is 8.00. The lowest BCUT2D eigenvalue weighted by Crippen LogP contribution is -2.08. The van der Waals surface area contributed by atoms with E-state index in [2.05, 4.69) is 4.74 Å². The van der Waals surface area contributed by atoms with Gasteiger partial charge in [-0.2, -0.15) is 0 Å². The molecule has 1 rings (SSSR count). The zero-order valence-electron chi connectivity index (χ0n) is 9.58. The van der Waals surface area contributed by atoms with E-state index in [1.807, 2.05) is 6.92 Å². The molecule has 0 aliphatic heterocycles. The van der Waals surface area contributed by atoms with Crippen molar-refractivity contribution in [1.82, 2.24) is 0 Å². The number of methoxy groups -OCH3 is 1. The molecule has 0 amide bonds. The average Bonchev–Trinajstić information content (AvgIpc) is 2.28. The topological polar surface area (TPSA) is 69.4 Å². The van der Waals surface area contributed by atoms with Crippen molar-refractivity contribution < 1.29 is 14.5 Å². The predicted molar refractivity (Wildman–Crippen MR) is 65.0 cm³/mol. The SMILES string of the molecule is COC(=O)CC(C)Sc1cccc([N+](=O)[O-])c1. The number of nitro groups is 1. The normalized spacial score (nSPS) is 11.9. The fraction of sp³-hybridized carbons (Fsp3) is 0.364. The van der Waals surface area contributed by atoms with E-state index in [0.29, 0.717) is 0 Å². The van der Waals surface area contributed by atoms with Gasteiger partial charge in [0.2, 0.25) is 0 Å². The fourth-order valence-electron chi connectivity index (χ4n) is 1.26. The quantitative estimate of drug-likeness (QED) is 0.350. The van der Waals surface area contributed by atoms with Crippen molar-refractivity contribution in [3.05, 3.63) is 34.4 Å². The Morgan fingerprint density at radius 1 is 1.59 bits per heavy atom. The van der Waals surface area contributed by atoms with Crippen molar-refractivity contribution in [3.8, 4) is 0 Å². The smallest absolute Gasteiger partial charge is 0.306 e. The molecule has 0 N–H and O–H groups in total. The van der Waals surface area contributed by atoms with Crippen LogP contribution in [0.25, 0.3) is 0 Å². The Balaban J connectivity index is 2.65. The van der Waals surface area contributed by atoms with Gasteiger partial charge in [0, 0.05) is 22.3 Å². The van der Waals surface area contributed by atoms with Crippen molar-refractivity contribution in [1.29, 1.82) is 0 Å². The van der Waals surface area contributed by atoms with Crippen LogP contribution in [-0.2, 0) is 9.53 Å². The van der Waals surface area contributed by atoms with Gasteiger partial charge in [-0.1, -0.05) is 13.0 Å². The van der Waals surface area contributed by atoms with Crippen LogP contribution >= 0.6 is 11.8 Å². The Morgan fingerprint density at radius 3 is 2.88 bits per heavy atom. The number of carbonyl (C=O) groups excluding carboxylic acids is 1. The van der Waals surface area contributed by atoms with Crippen molar-refractivity contribution in [2.24, 2.45) is 0 Å². The summed E-state index contributed by atoms with van der Waals surface area (Å²) < 4.78 is 4.56. The maximum absolute atomic E-state index is 11.0. The van der Waals surface area contributed by atoms with Gasteiger partial charge in [-0.05, 0) is 6.07 Å². The summed E-state index contributed by atoms with van der Waals surface area (Å²) >= 11 is 1.41. The molecule has 0 aromatic heterocycles. The van der Waals surface area contributed by atoms with E-state index in [9.17, 15) is 14.9 Å². The molecule has 92 valence electrons. The summed E-state index contributed by atoms with van der Waals surface area (Å²) in [5.41, 5.74) is 0.0558. The highest BCUT2D eigenvalue weighted by Crippen LogP contribution is 2.28. The van der Waals surface area contributed by atoms with Gasteiger partial charge in [0.05, 0.1) is 18.5 Å². The largest absolute Gasteiger partial charge is 0.469 e. The number of ether oxygens (including phenoxy) is 1. The molecule has 0 bridgehead atoms. The van der Waals surface area contributed by atoms with Crippen LogP contribution in [0.1, 0.15) is 13.3 Å². The lowest BCUT2D eigenvalue weighted by atomic mass is 10.3. The van der Waals surface area contributed by atoms with E-state index < -0.39 is 4.92 Å². The van der Waals surface area contributed by atoms with E-state index in [1.165, 1.54) is 31.0 Å². The second-order valence-corrected chi connectivity index (χ2v) is 4.98. The number of thioether (sulfide) groups is 1. The molecule has 0 radical (unpaired) electrons. The van der Waals surface area contributed by atoms with Crippen LogP contribution in [0.15, 0.2) is 29.2 Å². The highest BCUT2D eigenvalue weighted by atomic mass is 32.2. The molecule has 0 spiro atoms. The summed E-state index contributed by atoms with van der Waals surface area (Å²) in [7, 11) is 1.34. The maximum atomic E-state index is 11.0. The number of benzene rings is 1. The number of rotatable bonds is 5. The van der Waals surface area contributed by atoms with Crippen molar-refractivity contribution >= 4 is 23.4 Å². The van der Waals surface area contributed by atoms with Gasteiger partial charge >= 0.3 is 5.97 Å². The van der Waals surface area contributed by atoms with Crippen LogP contribution in [0.2, 0.25) is 0 Å². The Kier molecular flexibility index (Phi) is 4.96. The van der Waals surface area contributed by atoms with Crippen LogP contribution in [0.3, 0.4) is 0 Å². The molecule has 0 heterocycles. The third-order valence-electron chi connectivity index (χ3n) is 2.05. The maximum Gasteiger partial charge on any atom is 0.306 e. The van der Waals surface area contributed by atoms with Gasteiger partial charge in [0.25, 0.3) is 5.69 Å². The molecular formula is C11H13NO4S. The highest BCUT2D eigenvalue weighted by Gasteiger charge is 2.12. The second kappa shape index (κ2) is 6.24. The van der Waals surface area contributed by atoms with Gasteiger partial charge in [0.1, 0.15) is 0 Å². The lowest BCUT2D eigenvalue weighted by molar-refractivity contribution is -0.385. The summed E-state index contributed by atoms with van der Waals surface area (Å²) in [6.07, 6.45) is 0.282. The van der Waals surface area contributed by atoms with Crippen molar-refractivity contribution in [2.45, 2.75) is 23.5 Å². The van der Waals surface area contributed by atoms with E-state index in [0.717, 1.165) is 4.90 Å². The molecule has 0 aliphatic carbocycles. The van der Waals surface area contributed by atoms with Crippen molar-refractivity contribution in [2.75, 3.05) is 7.11 Å². The third-order valence-corrected chi connectivity index (χ3v) is 3.14. The van der Waals surface area contributed by atoms with Crippen LogP contribution < -0.4 is 0 Å². The standard InChI is InChI=1S/C11H13NO4S/c1-8(6-11(13)16-2)17-10-5-3-4-9(7-10)12(14)15/h3-5,7-8H,6H2,1-2H3. The van der Waals surface area contributed by atoms with E-state index in [4.69, 9.17) is 0 Å². The summed E-state index contributed by atoms with van der Waals surface area (Å²) in [6.45, 7) is 1.88. The first-order valence-corrected chi connectivity index (χ1v) is 5.89. The number of carbonyl (C=O) groups is 1. The number of non-ortho nitro benzene ring substituents is 1. The molecule has 1 atom stereocenters. The molecule has 5 nitrogen and oxygen atoms in total. The second-order valence-electron chi connectivity index (χ2n) is 3.46. The van der Waals surface area contributed by atoms with Gasteiger partial charge in [-0.3, -0.25) is 14.9 Å². The van der Waals surface area contributed by atoms with Gasteiger partial charge in [-0.25, -0.2) is 0 Å². The summed E-state index contributed by atoms with van der Waals surface area (Å²) in [5, 5.41) is 10.6. The minimum Gasteiger partial charge on any atom is -0.469 e. The third kappa shape index (κ3) is 4.44. The zero-order valence-corrected chi connectivity index (χ0v) is 10.4. The Labute approximate surface area is 103 Å². The molecular weight excluding hydrogens is 242 g/mol. The average molecular weight is 255 g/mol. The molecule has 0 saturated heterocycles. The number of hydrogen-bond acceptors (Lipinski definition) is 5. The molecule has 1 aromatic rings. The summed E-state index contributed by atoms with van der Waals surface area (Å²) in [6, 6.07) is 6.35. The van der Waals surface area contributed by atoms with E-state index >= 15 is 0 Å². The molecule has 17 heavy (non-hydrogen) atoms. The summed E-state index contributed by atoms with van der Waals surface area (Å²) in [5.74, 6) is -0.282. The molecule has 1 aromatic carbocycles. The van der Waals surface area contributed by atoms with Gasteiger partial charge in [-0.15, -0.1) is 11.8 Å². The summed E-state index contributed by atoms with van der Waals surface area (Å²) in [4.78, 5) is 22.0. The van der Waals surface area contributed by atoms with Gasteiger partial charge in [0.15, 0.2) is 0 Å². The Morgan fingerprint density at radius 2 is 2.29 bits per heavy atom. The molecule has 0 saturated carbocycles. The molecule has 1 unspecified atom stereocenters.